The van der Waals surface area contributed by atoms with E-state index in [1.54, 1.807) is 12.1 Å². The number of hydrogen-bond acceptors (Lipinski definition) is 8. The summed E-state index contributed by atoms with van der Waals surface area (Å²) < 4.78 is 37.2. The second kappa shape index (κ2) is 9.89. The van der Waals surface area contributed by atoms with Gasteiger partial charge in [-0.3, -0.25) is 9.59 Å². The minimum Gasteiger partial charge on any atom is -0.451 e. The van der Waals surface area contributed by atoms with Crippen LogP contribution in [0.15, 0.2) is 52.2 Å². The fourth-order valence-corrected chi connectivity index (χ4v) is 4.95. The molecule has 11 nitrogen and oxygen atoms in total. The van der Waals surface area contributed by atoms with Gasteiger partial charge in [0, 0.05) is 18.5 Å². The van der Waals surface area contributed by atoms with Crippen LogP contribution >= 0.6 is 11.6 Å². The third kappa shape index (κ3) is 4.94. The first-order valence-corrected chi connectivity index (χ1v) is 11.9. The molecule has 178 valence electrons. The number of amides is 1. The van der Waals surface area contributed by atoms with Crippen molar-refractivity contribution in [3.8, 4) is 0 Å². The summed E-state index contributed by atoms with van der Waals surface area (Å²) in [4.78, 5) is 36.6. The molecule has 0 atom stereocenters. The lowest BCUT2D eigenvalue weighted by molar-refractivity contribution is -0.119. The van der Waals surface area contributed by atoms with Crippen LogP contribution in [0.25, 0.3) is 10.8 Å². The molecule has 1 saturated heterocycles. The van der Waals surface area contributed by atoms with Crippen LogP contribution in [0.3, 0.4) is 0 Å². The number of H-pyrrole nitrogens is 1. The summed E-state index contributed by atoms with van der Waals surface area (Å²) in [6.45, 7) is 0.333. The Bertz CT molecular complexity index is 1420. The van der Waals surface area contributed by atoms with E-state index in [4.69, 9.17) is 21.1 Å². The number of carbonyl (C=O) groups excluding carboxylic acids is 2. The molecule has 0 radical (unpaired) electrons. The Morgan fingerprint density at radius 2 is 1.85 bits per heavy atom. The second-order valence-corrected chi connectivity index (χ2v) is 9.57. The van der Waals surface area contributed by atoms with Crippen LogP contribution in [0.1, 0.15) is 10.5 Å². The lowest BCUT2D eigenvalue weighted by Crippen LogP contribution is -2.40. The molecule has 0 unspecified atom stereocenters. The average molecular weight is 507 g/mol. The van der Waals surface area contributed by atoms with E-state index in [9.17, 15) is 22.8 Å². The van der Waals surface area contributed by atoms with E-state index in [1.165, 1.54) is 34.6 Å². The lowest BCUT2D eigenvalue weighted by Gasteiger charge is -2.26. The number of esters is 1. The first-order valence-electron chi connectivity index (χ1n) is 10.1. The summed E-state index contributed by atoms with van der Waals surface area (Å²) in [5.74, 6) is -1.66. The fraction of sp³-hybridized carbons (Fsp3) is 0.238. The highest BCUT2D eigenvalue weighted by Crippen LogP contribution is 2.27. The maximum atomic E-state index is 12.9. The number of aromatic nitrogens is 2. The predicted octanol–water partition coefficient (Wildman–Crippen LogP) is 1.39. The second-order valence-electron chi connectivity index (χ2n) is 7.23. The smallest absolute Gasteiger partial charge is 0.359 e. The molecule has 1 aromatic heterocycles. The molecular weight excluding hydrogens is 488 g/mol. The van der Waals surface area contributed by atoms with E-state index >= 15 is 0 Å². The number of fused-ring (bicyclic) bond motifs is 1. The molecular formula is C21H19ClN4O7S. The number of anilines is 1. The summed E-state index contributed by atoms with van der Waals surface area (Å²) in [6.07, 6.45) is 0. The van der Waals surface area contributed by atoms with Crippen molar-refractivity contribution >= 4 is 50.0 Å². The van der Waals surface area contributed by atoms with Crippen molar-refractivity contribution in [3.05, 3.63) is 63.5 Å². The van der Waals surface area contributed by atoms with Gasteiger partial charge in [0.2, 0.25) is 10.0 Å². The summed E-state index contributed by atoms with van der Waals surface area (Å²) >= 11 is 6.12. The van der Waals surface area contributed by atoms with Gasteiger partial charge in [0.25, 0.3) is 11.5 Å². The van der Waals surface area contributed by atoms with Crippen LogP contribution in [0.5, 0.6) is 0 Å². The van der Waals surface area contributed by atoms with Gasteiger partial charge in [0.1, 0.15) is 0 Å². The number of carbonyl (C=O) groups is 2. The van der Waals surface area contributed by atoms with Crippen LogP contribution in [0.4, 0.5) is 5.69 Å². The first-order chi connectivity index (χ1) is 16.3. The zero-order valence-corrected chi connectivity index (χ0v) is 19.2. The highest BCUT2D eigenvalue weighted by Gasteiger charge is 2.27. The van der Waals surface area contributed by atoms with Crippen molar-refractivity contribution in [2.24, 2.45) is 0 Å². The Labute approximate surface area is 198 Å². The number of rotatable bonds is 6. The zero-order valence-electron chi connectivity index (χ0n) is 17.6. The Balaban J connectivity index is 1.45. The maximum absolute atomic E-state index is 12.9. The standard InChI is InChI=1S/C21H19ClN4O7S/c22-16-6-5-13(34(30,31)26-7-9-32-10-8-26)11-17(16)23-18(27)12-33-21(29)19-14-3-1-2-4-15(14)20(28)25-24-19/h1-6,11H,7-10,12H2,(H,23,27)(H,25,28). The van der Waals surface area contributed by atoms with Crippen molar-refractivity contribution in [2.45, 2.75) is 4.90 Å². The van der Waals surface area contributed by atoms with Gasteiger partial charge in [-0.15, -0.1) is 0 Å². The molecule has 1 amide bonds. The molecule has 34 heavy (non-hydrogen) atoms. The minimum absolute atomic E-state index is 0.0460. The van der Waals surface area contributed by atoms with Crippen LogP contribution in [-0.2, 0) is 24.3 Å². The third-order valence-electron chi connectivity index (χ3n) is 5.04. The summed E-state index contributed by atoms with van der Waals surface area (Å²) in [5.41, 5.74) is -0.573. The number of halogens is 1. The van der Waals surface area contributed by atoms with Gasteiger partial charge < -0.3 is 14.8 Å². The van der Waals surface area contributed by atoms with Gasteiger partial charge >= 0.3 is 5.97 Å². The number of nitrogens with one attached hydrogen (secondary N) is 2. The van der Waals surface area contributed by atoms with Crippen LogP contribution in [0.2, 0.25) is 5.02 Å². The highest BCUT2D eigenvalue weighted by molar-refractivity contribution is 7.89. The van der Waals surface area contributed by atoms with E-state index in [0.717, 1.165) is 0 Å². The van der Waals surface area contributed by atoms with Gasteiger partial charge in [-0.25, -0.2) is 18.3 Å². The van der Waals surface area contributed by atoms with Crippen LogP contribution < -0.4 is 10.9 Å². The summed E-state index contributed by atoms with van der Waals surface area (Å²) in [7, 11) is -3.80. The number of morpholine rings is 1. The first kappa shape index (κ1) is 23.8. The largest absolute Gasteiger partial charge is 0.451 e. The van der Waals surface area contributed by atoms with Crippen molar-refractivity contribution in [1.82, 2.24) is 14.5 Å². The van der Waals surface area contributed by atoms with E-state index in [2.05, 4.69) is 15.5 Å². The molecule has 1 aliphatic heterocycles. The monoisotopic (exact) mass is 506 g/mol. The quantitative estimate of drug-likeness (QED) is 0.476. The molecule has 2 N–H and O–H groups in total. The van der Waals surface area contributed by atoms with Crippen LogP contribution in [0, 0.1) is 0 Å². The number of nitrogens with zero attached hydrogens (tertiary/aromatic N) is 2. The summed E-state index contributed by atoms with van der Waals surface area (Å²) in [5, 5.41) is 9.01. The molecule has 4 rings (SSSR count). The molecule has 2 heterocycles. The van der Waals surface area contributed by atoms with Crippen molar-refractivity contribution < 1.29 is 27.5 Å². The van der Waals surface area contributed by atoms with Gasteiger partial charge in [0.05, 0.1) is 34.2 Å². The zero-order chi connectivity index (χ0) is 24.3. The Morgan fingerprint density at radius 1 is 1.15 bits per heavy atom. The van der Waals surface area contributed by atoms with Crippen molar-refractivity contribution in [3.63, 3.8) is 0 Å². The fourth-order valence-electron chi connectivity index (χ4n) is 3.35. The van der Waals surface area contributed by atoms with E-state index in [-0.39, 0.29) is 45.2 Å². The molecule has 3 aromatic rings. The van der Waals surface area contributed by atoms with Gasteiger partial charge in [-0.1, -0.05) is 29.8 Å². The molecule has 0 aliphatic carbocycles. The molecule has 0 bridgehead atoms. The number of benzene rings is 2. The lowest BCUT2D eigenvalue weighted by atomic mass is 10.1. The molecule has 0 spiro atoms. The number of hydrogen-bond donors (Lipinski definition) is 2. The number of aromatic amines is 1. The molecule has 2 aromatic carbocycles. The van der Waals surface area contributed by atoms with E-state index in [1.807, 2.05) is 0 Å². The maximum Gasteiger partial charge on any atom is 0.359 e. The van der Waals surface area contributed by atoms with Gasteiger partial charge in [-0.05, 0) is 24.3 Å². The Kier molecular flexibility index (Phi) is 6.93. The van der Waals surface area contributed by atoms with Crippen LogP contribution in [-0.4, -0.2) is 67.7 Å². The molecule has 1 fully saturated rings. The number of ether oxygens (including phenoxy) is 2. The van der Waals surface area contributed by atoms with Gasteiger partial charge in [-0.2, -0.15) is 9.40 Å². The topological polar surface area (TPSA) is 148 Å². The normalized spacial score (nSPS) is 14.6. The molecule has 0 saturated carbocycles. The van der Waals surface area contributed by atoms with E-state index in [0.29, 0.717) is 13.2 Å². The Hall–Kier alpha value is -3.32. The van der Waals surface area contributed by atoms with Gasteiger partial charge in [0.15, 0.2) is 12.3 Å². The van der Waals surface area contributed by atoms with Crippen molar-refractivity contribution in [1.29, 1.82) is 0 Å². The molecule has 1 aliphatic rings. The Morgan fingerprint density at radius 3 is 2.59 bits per heavy atom. The SMILES string of the molecule is O=C(COC(=O)c1n[nH]c(=O)c2ccccc12)Nc1cc(S(=O)(=O)N2CCOCC2)ccc1Cl. The third-order valence-corrected chi connectivity index (χ3v) is 7.27. The average Bonchev–Trinajstić information content (AvgIpc) is 2.85. The minimum atomic E-state index is -3.80. The highest BCUT2D eigenvalue weighted by atomic mass is 35.5. The molecule has 13 heteroatoms. The predicted molar refractivity (Wildman–Crippen MR) is 122 cm³/mol. The van der Waals surface area contributed by atoms with Crippen molar-refractivity contribution in [2.75, 3.05) is 38.2 Å². The summed E-state index contributed by atoms with van der Waals surface area (Å²) in [6, 6.07) is 10.3. The number of sulfonamides is 1. The van der Waals surface area contributed by atoms with E-state index < -0.39 is 34.1 Å².